The minimum Gasteiger partial charge on any atom is -0.465 e. The van der Waals surface area contributed by atoms with Crippen molar-refractivity contribution in [2.75, 3.05) is 6.61 Å². The van der Waals surface area contributed by atoms with Crippen molar-refractivity contribution in [3.8, 4) is 0 Å². The minimum absolute atomic E-state index is 0.0698. The highest BCUT2D eigenvalue weighted by atomic mass is 16.6. The van der Waals surface area contributed by atoms with Gasteiger partial charge in [0.25, 0.3) is 0 Å². The van der Waals surface area contributed by atoms with Gasteiger partial charge in [-0.05, 0) is 12.8 Å². The SMILES string of the molecule is CCCC(OC(=O)C(C)C)C(CC)COC(=O)C(C)C. The topological polar surface area (TPSA) is 52.6 Å². The number of hydrogen-bond donors (Lipinski definition) is 0. The molecule has 0 aromatic heterocycles. The van der Waals surface area contributed by atoms with Gasteiger partial charge in [0.05, 0.1) is 18.4 Å². The van der Waals surface area contributed by atoms with Crippen molar-refractivity contribution in [3.05, 3.63) is 0 Å². The molecule has 0 aromatic carbocycles. The number of carbonyl (C=O) groups is 2. The Morgan fingerprint density at radius 2 is 1.50 bits per heavy atom. The van der Waals surface area contributed by atoms with Crippen LogP contribution in [0, 0.1) is 17.8 Å². The Hall–Kier alpha value is -1.06. The monoisotopic (exact) mass is 286 g/mol. The molecule has 0 radical (unpaired) electrons. The molecular weight excluding hydrogens is 256 g/mol. The largest absolute Gasteiger partial charge is 0.465 e. The normalized spacial score (nSPS) is 14.2. The lowest BCUT2D eigenvalue weighted by Gasteiger charge is -2.26. The summed E-state index contributed by atoms with van der Waals surface area (Å²) in [5, 5.41) is 0. The van der Waals surface area contributed by atoms with Crippen molar-refractivity contribution in [1.82, 2.24) is 0 Å². The summed E-state index contributed by atoms with van der Waals surface area (Å²) in [4.78, 5) is 23.3. The molecule has 2 unspecified atom stereocenters. The molecule has 0 fully saturated rings. The standard InChI is InChI=1S/C16H30O4/c1-7-9-14(20-16(18)12(5)6)13(8-2)10-19-15(17)11(3)4/h11-14H,7-10H2,1-6H3. The first-order valence-corrected chi connectivity index (χ1v) is 7.70. The molecule has 0 spiro atoms. The Morgan fingerprint density at radius 1 is 0.950 bits per heavy atom. The van der Waals surface area contributed by atoms with Crippen LogP contribution in [0.15, 0.2) is 0 Å². The van der Waals surface area contributed by atoms with E-state index in [9.17, 15) is 9.59 Å². The van der Waals surface area contributed by atoms with Crippen LogP contribution in [0.3, 0.4) is 0 Å². The first-order valence-electron chi connectivity index (χ1n) is 7.70. The van der Waals surface area contributed by atoms with Crippen molar-refractivity contribution < 1.29 is 19.1 Å². The van der Waals surface area contributed by atoms with Gasteiger partial charge < -0.3 is 9.47 Å². The zero-order chi connectivity index (χ0) is 15.7. The zero-order valence-corrected chi connectivity index (χ0v) is 13.8. The quantitative estimate of drug-likeness (QED) is 0.608. The molecule has 0 amide bonds. The average molecular weight is 286 g/mol. The third-order valence-corrected chi connectivity index (χ3v) is 3.27. The van der Waals surface area contributed by atoms with Crippen molar-refractivity contribution in [1.29, 1.82) is 0 Å². The summed E-state index contributed by atoms with van der Waals surface area (Å²) in [6.45, 7) is 11.7. The molecule has 0 aliphatic rings. The first kappa shape index (κ1) is 18.9. The average Bonchev–Trinajstić information content (AvgIpc) is 2.38. The van der Waals surface area contributed by atoms with Gasteiger partial charge in [0.2, 0.25) is 0 Å². The molecular formula is C16H30O4. The maximum Gasteiger partial charge on any atom is 0.308 e. The lowest BCUT2D eigenvalue weighted by atomic mass is 9.96. The number of rotatable bonds is 9. The van der Waals surface area contributed by atoms with E-state index in [-0.39, 0.29) is 35.8 Å². The molecule has 4 heteroatoms. The Balaban J connectivity index is 4.58. The highest BCUT2D eigenvalue weighted by Gasteiger charge is 2.26. The second-order valence-corrected chi connectivity index (χ2v) is 5.87. The fourth-order valence-corrected chi connectivity index (χ4v) is 1.80. The summed E-state index contributed by atoms with van der Waals surface area (Å²) in [6.07, 6.45) is 2.39. The van der Waals surface area contributed by atoms with Crippen molar-refractivity contribution >= 4 is 11.9 Å². The van der Waals surface area contributed by atoms with Crippen LogP contribution in [-0.2, 0) is 19.1 Å². The van der Waals surface area contributed by atoms with E-state index in [1.807, 2.05) is 34.6 Å². The van der Waals surface area contributed by atoms with E-state index in [0.717, 1.165) is 19.3 Å². The fraction of sp³-hybridized carbons (Fsp3) is 0.875. The van der Waals surface area contributed by atoms with E-state index in [4.69, 9.17) is 9.47 Å². The van der Waals surface area contributed by atoms with Crippen LogP contribution in [0.4, 0.5) is 0 Å². The molecule has 118 valence electrons. The molecule has 4 nitrogen and oxygen atoms in total. The number of hydrogen-bond acceptors (Lipinski definition) is 4. The van der Waals surface area contributed by atoms with E-state index >= 15 is 0 Å². The molecule has 20 heavy (non-hydrogen) atoms. The zero-order valence-electron chi connectivity index (χ0n) is 13.8. The van der Waals surface area contributed by atoms with Gasteiger partial charge in [0, 0.05) is 5.92 Å². The number of esters is 2. The maximum absolute atomic E-state index is 11.8. The molecule has 0 N–H and O–H groups in total. The maximum atomic E-state index is 11.8. The van der Waals surface area contributed by atoms with Gasteiger partial charge in [0.15, 0.2) is 0 Å². The Kier molecular flexibility index (Phi) is 9.26. The molecule has 0 aliphatic heterocycles. The second-order valence-electron chi connectivity index (χ2n) is 5.87. The molecule has 0 bridgehead atoms. The van der Waals surface area contributed by atoms with Crippen LogP contribution >= 0.6 is 0 Å². The summed E-state index contributed by atoms with van der Waals surface area (Å²) >= 11 is 0. The van der Waals surface area contributed by atoms with Gasteiger partial charge in [-0.3, -0.25) is 9.59 Å². The van der Waals surface area contributed by atoms with Crippen molar-refractivity contribution in [3.63, 3.8) is 0 Å². The van der Waals surface area contributed by atoms with Crippen LogP contribution in [0.2, 0.25) is 0 Å². The summed E-state index contributed by atoms with van der Waals surface area (Å²) < 4.78 is 10.9. The summed E-state index contributed by atoms with van der Waals surface area (Å²) in [6, 6.07) is 0. The Morgan fingerprint density at radius 3 is 1.90 bits per heavy atom. The Bertz CT molecular complexity index is 297. The van der Waals surface area contributed by atoms with Crippen LogP contribution in [0.1, 0.15) is 60.8 Å². The molecule has 0 saturated carbocycles. The molecule has 0 aliphatic carbocycles. The van der Waals surface area contributed by atoms with Gasteiger partial charge in [-0.2, -0.15) is 0 Å². The smallest absolute Gasteiger partial charge is 0.308 e. The lowest BCUT2D eigenvalue weighted by molar-refractivity contribution is -0.160. The molecule has 0 rings (SSSR count). The second kappa shape index (κ2) is 9.78. The van der Waals surface area contributed by atoms with E-state index < -0.39 is 0 Å². The fourth-order valence-electron chi connectivity index (χ4n) is 1.80. The molecule has 0 saturated heterocycles. The van der Waals surface area contributed by atoms with Crippen molar-refractivity contribution in [2.24, 2.45) is 17.8 Å². The molecule has 2 atom stereocenters. The molecule has 0 heterocycles. The van der Waals surface area contributed by atoms with Crippen LogP contribution < -0.4 is 0 Å². The Labute approximate surface area is 123 Å². The summed E-state index contributed by atoms with van der Waals surface area (Å²) in [5.74, 6) is -0.577. The third kappa shape index (κ3) is 6.92. The first-order chi connectivity index (χ1) is 9.33. The van der Waals surface area contributed by atoms with Crippen LogP contribution in [0.5, 0.6) is 0 Å². The van der Waals surface area contributed by atoms with Gasteiger partial charge in [-0.25, -0.2) is 0 Å². The summed E-state index contributed by atoms with van der Waals surface area (Å²) in [5.41, 5.74) is 0. The third-order valence-electron chi connectivity index (χ3n) is 3.27. The minimum atomic E-state index is -0.200. The van der Waals surface area contributed by atoms with E-state index in [1.54, 1.807) is 0 Å². The van der Waals surface area contributed by atoms with Crippen LogP contribution in [-0.4, -0.2) is 24.6 Å². The van der Waals surface area contributed by atoms with E-state index in [1.165, 1.54) is 0 Å². The lowest BCUT2D eigenvalue weighted by Crippen LogP contribution is -2.32. The number of carbonyl (C=O) groups excluding carboxylic acids is 2. The van der Waals surface area contributed by atoms with Gasteiger partial charge in [0.1, 0.15) is 6.10 Å². The predicted molar refractivity (Wildman–Crippen MR) is 79.2 cm³/mol. The van der Waals surface area contributed by atoms with Gasteiger partial charge in [-0.15, -0.1) is 0 Å². The van der Waals surface area contributed by atoms with Crippen LogP contribution in [0.25, 0.3) is 0 Å². The number of ether oxygens (including phenoxy) is 2. The van der Waals surface area contributed by atoms with Gasteiger partial charge >= 0.3 is 11.9 Å². The van der Waals surface area contributed by atoms with E-state index in [0.29, 0.717) is 6.61 Å². The van der Waals surface area contributed by atoms with Gasteiger partial charge in [-0.1, -0.05) is 48.0 Å². The predicted octanol–water partition coefficient (Wildman–Crippen LogP) is 3.58. The molecule has 0 aromatic rings. The van der Waals surface area contributed by atoms with Crippen molar-refractivity contribution in [2.45, 2.75) is 66.9 Å². The highest BCUT2D eigenvalue weighted by Crippen LogP contribution is 2.20. The van der Waals surface area contributed by atoms with E-state index in [2.05, 4.69) is 6.92 Å². The highest BCUT2D eigenvalue weighted by molar-refractivity contribution is 5.72. The summed E-state index contributed by atoms with van der Waals surface area (Å²) in [7, 11) is 0.